The van der Waals surface area contributed by atoms with Gasteiger partial charge in [0, 0.05) is 12.8 Å². The molecule has 0 fully saturated rings. The first-order valence-electron chi connectivity index (χ1n) is 25.9. The molecule has 0 amide bonds. The maximum Gasteiger partial charge on any atom is 0.472 e. The maximum absolute atomic E-state index is 12.8. The molecule has 0 saturated heterocycles. The number of nitrogens with zero attached hydrogens (tertiary/aromatic N) is 1. The molecule has 10 heteroatoms. The van der Waals surface area contributed by atoms with Gasteiger partial charge in [-0.15, -0.1) is 0 Å². The number of allylic oxidation sites excluding steroid dienone is 2. The highest BCUT2D eigenvalue weighted by Gasteiger charge is 2.27. The Bertz CT molecular complexity index is 1050. The lowest BCUT2D eigenvalue weighted by Gasteiger charge is -2.24. The molecule has 0 aromatic rings. The molecule has 362 valence electrons. The zero-order valence-corrected chi connectivity index (χ0v) is 41.8. The standard InChI is InChI=1S/C51H100NO8P/c1-6-8-10-12-14-16-18-20-22-23-24-25-26-27-28-30-32-34-36-38-40-42-44-51(54)60-49(48-59-61(55,56)58-46-45-52(3,4)5)47-57-50(53)43-41-39-37-35-33-31-29-21-19-17-15-13-11-9-7-2/h31,33,49H,6-30,32,34-48H2,1-5H3/p+1/b33-31+/t49-/m1/s1. The van der Waals surface area contributed by atoms with Crippen molar-refractivity contribution in [3.8, 4) is 0 Å². The number of phosphoric ester groups is 1. The van der Waals surface area contributed by atoms with Crippen LogP contribution in [0.15, 0.2) is 12.2 Å². The number of likely N-dealkylation sites (N-methyl/N-ethyl adjacent to an activating group) is 1. The molecule has 0 radical (unpaired) electrons. The summed E-state index contributed by atoms with van der Waals surface area (Å²) < 4.78 is 34.4. The van der Waals surface area contributed by atoms with Crippen molar-refractivity contribution in [1.29, 1.82) is 0 Å². The highest BCUT2D eigenvalue weighted by Crippen LogP contribution is 2.43. The van der Waals surface area contributed by atoms with E-state index in [0.717, 1.165) is 44.9 Å². The van der Waals surface area contributed by atoms with Crippen molar-refractivity contribution in [2.45, 2.75) is 258 Å². The second-order valence-electron chi connectivity index (χ2n) is 18.9. The number of ether oxygens (including phenoxy) is 2. The molecule has 0 saturated carbocycles. The first kappa shape index (κ1) is 59.8. The van der Waals surface area contributed by atoms with Gasteiger partial charge in [0.1, 0.15) is 19.8 Å². The summed E-state index contributed by atoms with van der Waals surface area (Å²) in [5.74, 6) is -0.802. The molecule has 0 spiro atoms. The predicted octanol–water partition coefficient (Wildman–Crippen LogP) is 15.3. The molecule has 0 bridgehead atoms. The van der Waals surface area contributed by atoms with Crippen LogP contribution in [0.4, 0.5) is 0 Å². The number of carbonyl (C=O) groups excluding carboxylic acids is 2. The molecule has 0 aromatic carbocycles. The van der Waals surface area contributed by atoms with Gasteiger partial charge in [0.2, 0.25) is 0 Å². The minimum absolute atomic E-state index is 0.0330. The van der Waals surface area contributed by atoms with Gasteiger partial charge >= 0.3 is 19.8 Å². The molecule has 0 heterocycles. The molecule has 61 heavy (non-hydrogen) atoms. The number of hydrogen-bond acceptors (Lipinski definition) is 7. The molecule has 0 aliphatic heterocycles. The quantitative estimate of drug-likeness (QED) is 0.0212. The van der Waals surface area contributed by atoms with Crippen LogP contribution in [-0.2, 0) is 32.7 Å². The lowest BCUT2D eigenvalue weighted by molar-refractivity contribution is -0.870. The van der Waals surface area contributed by atoms with Gasteiger partial charge < -0.3 is 18.9 Å². The van der Waals surface area contributed by atoms with Crippen LogP contribution >= 0.6 is 7.82 Å². The van der Waals surface area contributed by atoms with E-state index in [-0.39, 0.29) is 32.0 Å². The van der Waals surface area contributed by atoms with Crippen molar-refractivity contribution in [3.63, 3.8) is 0 Å². The van der Waals surface area contributed by atoms with Crippen LogP contribution in [0.25, 0.3) is 0 Å². The van der Waals surface area contributed by atoms with E-state index < -0.39 is 26.5 Å². The summed E-state index contributed by atoms with van der Waals surface area (Å²) in [7, 11) is 1.48. The summed E-state index contributed by atoms with van der Waals surface area (Å²) in [6.07, 6.45) is 48.4. The molecule has 0 aliphatic rings. The molecule has 0 aliphatic carbocycles. The average Bonchev–Trinajstić information content (AvgIpc) is 3.21. The topological polar surface area (TPSA) is 108 Å². The fourth-order valence-electron chi connectivity index (χ4n) is 7.48. The highest BCUT2D eigenvalue weighted by atomic mass is 31.2. The summed E-state index contributed by atoms with van der Waals surface area (Å²) >= 11 is 0. The SMILES string of the molecule is CCCCCCCCCC/C=C/CCCCCC(=O)OC[C@H](COP(=O)(O)OCC[N+](C)(C)C)OC(=O)CCCCCCCCCCCCCCCCCCCCCCCC. The Balaban J connectivity index is 4.20. The van der Waals surface area contributed by atoms with Crippen molar-refractivity contribution in [3.05, 3.63) is 12.2 Å². The van der Waals surface area contributed by atoms with E-state index >= 15 is 0 Å². The van der Waals surface area contributed by atoms with Crippen LogP contribution < -0.4 is 0 Å². The molecule has 9 nitrogen and oxygen atoms in total. The molecule has 2 atom stereocenters. The number of hydrogen-bond donors (Lipinski definition) is 1. The Morgan fingerprint density at radius 1 is 0.492 bits per heavy atom. The number of phosphoric acid groups is 1. The number of esters is 2. The van der Waals surface area contributed by atoms with E-state index in [0.29, 0.717) is 17.4 Å². The number of unbranched alkanes of at least 4 members (excludes halogenated alkanes) is 32. The average molecular weight is 887 g/mol. The Kier molecular flexibility index (Phi) is 43.1. The van der Waals surface area contributed by atoms with Crippen molar-refractivity contribution in [1.82, 2.24) is 0 Å². The summed E-state index contributed by atoms with van der Waals surface area (Å²) in [6, 6.07) is 0. The van der Waals surface area contributed by atoms with E-state index in [2.05, 4.69) is 26.0 Å². The molecule has 0 rings (SSSR count). The number of rotatable bonds is 48. The predicted molar refractivity (Wildman–Crippen MR) is 257 cm³/mol. The Morgan fingerprint density at radius 3 is 1.23 bits per heavy atom. The van der Waals surface area contributed by atoms with Gasteiger partial charge in [-0.2, -0.15) is 0 Å². The van der Waals surface area contributed by atoms with Gasteiger partial charge in [-0.3, -0.25) is 18.6 Å². The van der Waals surface area contributed by atoms with Gasteiger partial charge in [-0.25, -0.2) is 4.57 Å². The summed E-state index contributed by atoms with van der Waals surface area (Å²) in [6.45, 7) is 4.45. The van der Waals surface area contributed by atoms with E-state index in [1.165, 1.54) is 173 Å². The normalized spacial score (nSPS) is 13.5. The third-order valence-electron chi connectivity index (χ3n) is 11.5. The second-order valence-corrected chi connectivity index (χ2v) is 20.4. The Morgan fingerprint density at radius 2 is 0.836 bits per heavy atom. The van der Waals surface area contributed by atoms with Gasteiger partial charge in [0.25, 0.3) is 0 Å². The van der Waals surface area contributed by atoms with E-state index in [4.69, 9.17) is 18.5 Å². The fraction of sp³-hybridized carbons (Fsp3) is 0.922. The molecule has 0 aromatic heterocycles. The summed E-state index contributed by atoms with van der Waals surface area (Å²) in [5, 5.41) is 0. The van der Waals surface area contributed by atoms with Gasteiger partial charge in [0.05, 0.1) is 27.7 Å². The van der Waals surface area contributed by atoms with E-state index in [9.17, 15) is 19.0 Å². The zero-order chi connectivity index (χ0) is 45.0. The highest BCUT2D eigenvalue weighted by molar-refractivity contribution is 7.47. The molecule has 1 unspecified atom stereocenters. The molecular weight excluding hydrogens is 786 g/mol. The van der Waals surface area contributed by atoms with Gasteiger partial charge in [-0.1, -0.05) is 212 Å². The van der Waals surface area contributed by atoms with Crippen LogP contribution in [0.5, 0.6) is 0 Å². The van der Waals surface area contributed by atoms with Crippen LogP contribution in [-0.4, -0.2) is 74.9 Å². The van der Waals surface area contributed by atoms with Gasteiger partial charge in [-0.05, 0) is 38.5 Å². The van der Waals surface area contributed by atoms with Gasteiger partial charge in [0.15, 0.2) is 6.10 Å². The summed E-state index contributed by atoms with van der Waals surface area (Å²) in [4.78, 5) is 35.5. The third-order valence-corrected chi connectivity index (χ3v) is 12.5. The van der Waals surface area contributed by atoms with Crippen molar-refractivity contribution in [2.75, 3.05) is 47.5 Å². The van der Waals surface area contributed by atoms with E-state index in [1.54, 1.807) is 0 Å². The lowest BCUT2D eigenvalue weighted by atomic mass is 10.0. The summed E-state index contributed by atoms with van der Waals surface area (Å²) in [5.41, 5.74) is 0. The van der Waals surface area contributed by atoms with Crippen molar-refractivity contribution >= 4 is 19.8 Å². The second kappa shape index (κ2) is 44.0. The largest absolute Gasteiger partial charge is 0.472 e. The lowest BCUT2D eigenvalue weighted by Crippen LogP contribution is -2.37. The van der Waals surface area contributed by atoms with Crippen molar-refractivity contribution < 1.29 is 42.1 Å². The molecule has 1 N–H and O–H groups in total. The van der Waals surface area contributed by atoms with Crippen LogP contribution in [0.2, 0.25) is 0 Å². The first-order valence-corrected chi connectivity index (χ1v) is 27.4. The third kappa shape index (κ3) is 48.1. The number of quaternary nitrogens is 1. The van der Waals surface area contributed by atoms with Crippen LogP contribution in [0, 0.1) is 0 Å². The monoisotopic (exact) mass is 887 g/mol. The smallest absolute Gasteiger partial charge is 0.462 e. The van der Waals surface area contributed by atoms with E-state index in [1.807, 2.05) is 21.1 Å². The zero-order valence-electron chi connectivity index (χ0n) is 40.9. The maximum atomic E-state index is 12.8. The number of carbonyl (C=O) groups is 2. The first-order chi connectivity index (χ1) is 29.5. The minimum atomic E-state index is -4.38. The van der Waals surface area contributed by atoms with Crippen LogP contribution in [0.1, 0.15) is 251 Å². The van der Waals surface area contributed by atoms with Crippen molar-refractivity contribution in [2.24, 2.45) is 0 Å². The molecular formula is C51H101NO8P+. The fourth-order valence-corrected chi connectivity index (χ4v) is 8.22. The Labute approximate surface area is 377 Å². The Hall–Kier alpha value is -1.25. The van der Waals surface area contributed by atoms with Crippen LogP contribution in [0.3, 0.4) is 0 Å². The minimum Gasteiger partial charge on any atom is -0.462 e.